The molecule has 1 amide bonds. The van der Waals surface area contributed by atoms with Crippen molar-refractivity contribution in [2.75, 3.05) is 6.61 Å². The van der Waals surface area contributed by atoms with Crippen LogP contribution in [0.1, 0.15) is 27.0 Å². The zero-order chi connectivity index (χ0) is 17.5. The molecule has 1 N–H and O–H groups in total. The third-order valence-corrected chi connectivity index (χ3v) is 3.11. The SMILES string of the molecule is Cc1cc(C)cc(OCC(=O)N/N=C\c2ccc(C(=O)[O-])cc2)c1. The van der Waals surface area contributed by atoms with E-state index in [1.54, 1.807) is 12.1 Å². The maximum absolute atomic E-state index is 11.7. The summed E-state index contributed by atoms with van der Waals surface area (Å²) in [5.41, 5.74) is 5.19. The Balaban J connectivity index is 1.83. The second kappa shape index (κ2) is 7.92. The maximum Gasteiger partial charge on any atom is 0.277 e. The van der Waals surface area contributed by atoms with Crippen molar-refractivity contribution in [3.05, 3.63) is 64.7 Å². The molecule has 24 heavy (non-hydrogen) atoms. The quantitative estimate of drug-likeness (QED) is 0.638. The summed E-state index contributed by atoms with van der Waals surface area (Å²) in [5, 5.41) is 14.4. The molecule has 2 aromatic rings. The van der Waals surface area contributed by atoms with E-state index in [0.717, 1.165) is 11.1 Å². The van der Waals surface area contributed by atoms with Crippen LogP contribution < -0.4 is 15.3 Å². The molecule has 0 saturated carbocycles. The highest BCUT2D eigenvalue weighted by molar-refractivity contribution is 5.88. The number of benzene rings is 2. The normalized spacial score (nSPS) is 10.6. The fourth-order valence-corrected chi connectivity index (χ4v) is 2.08. The Bertz CT molecular complexity index is 747. The fourth-order valence-electron chi connectivity index (χ4n) is 2.08. The number of hydrogen-bond acceptors (Lipinski definition) is 5. The predicted molar refractivity (Wildman–Crippen MR) is 87.9 cm³/mol. The van der Waals surface area contributed by atoms with E-state index in [4.69, 9.17) is 4.74 Å². The molecule has 2 rings (SSSR count). The molecule has 124 valence electrons. The van der Waals surface area contributed by atoms with Crippen molar-refractivity contribution in [1.82, 2.24) is 5.43 Å². The van der Waals surface area contributed by atoms with E-state index in [1.165, 1.54) is 18.3 Å². The van der Waals surface area contributed by atoms with Gasteiger partial charge in [0.15, 0.2) is 6.61 Å². The topological polar surface area (TPSA) is 90.8 Å². The van der Waals surface area contributed by atoms with Crippen molar-refractivity contribution >= 4 is 18.1 Å². The van der Waals surface area contributed by atoms with Gasteiger partial charge in [-0.25, -0.2) is 5.43 Å². The summed E-state index contributed by atoms with van der Waals surface area (Å²) < 4.78 is 5.42. The summed E-state index contributed by atoms with van der Waals surface area (Å²) in [4.78, 5) is 22.3. The lowest BCUT2D eigenvalue weighted by molar-refractivity contribution is -0.255. The first-order valence-corrected chi connectivity index (χ1v) is 7.28. The van der Waals surface area contributed by atoms with Crippen molar-refractivity contribution in [1.29, 1.82) is 0 Å². The molecule has 2 aromatic carbocycles. The molecule has 0 spiro atoms. The summed E-state index contributed by atoms with van der Waals surface area (Å²) >= 11 is 0. The minimum Gasteiger partial charge on any atom is -0.545 e. The number of hydrogen-bond donors (Lipinski definition) is 1. The molecule has 0 heterocycles. The van der Waals surface area contributed by atoms with E-state index < -0.39 is 11.9 Å². The van der Waals surface area contributed by atoms with Gasteiger partial charge in [0, 0.05) is 0 Å². The minimum atomic E-state index is -1.24. The summed E-state index contributed by atoms with van der Waals surface area (Å²) in [7, 11) is 0. The molecule has 0 aromatic heterocycles. The highest BCUT2D eigenvalue weighted by Gasteiger charge is 2.02. The lowest BCUT2D eigenvalue weighted by atomic mass is 10.1. The van der Waals surface area contributed by atoms with Crippen LogP contribution in [0.2, 0.25) is 0 Å². The first-order valence-electron chi connectivity index (χ1n) is 7.28. The van der Waals surface area contributed by atoms with Gasteiger partial charge in [-0.05, 0) is 48.2 Å². The van der Waals surface area contributed by atoms with Gasteiger partial charge < -0.3 is 14.6 Å². The van der Waals surface area contributed by atoms with E-state index in [9.17, 15) is 14.7 Å². The van der Waals surface area contributed by atoms with E-state index >= 15 is 0 Å². The number of hydrazone groups is 1. The molecular formula is C18H17N2O4-. The van der Waals surface area contributed by atoms with Crippen molar-refractivity contribution in [2.45, 2.75) is 13.8 Å². The van der Waals surface area contributed by atoms with Crippen molar-refractivity contribution in [3.63, 3.8) is 0 Å². The van der Waals surface area contributed by atoms with Gasteiger partial charge in [0.2, 0.25) is 0 Å². The highest BCUT2D eigenvalue weighted by Crippen LogP contribution is 2.15. The number of carboxylic acids is 1. The van der Waals surface area contributed by atoms with Crippen molar-refractivity contribution in [3.8, 4) is 5.75 Å². The van der Waals surface area contributed by atoms with Crippen LogP contribution >= 0.6 is 0 Å². The summed E-state index contributed by atoms with van der Waals surface area (Å²) in [6, 6.07) is 11.6. The van der Waals surface area contributed by atoms with Crippen LogP contribution in [0.5, 0.6) is 5.75 Å². The number of amides is 1. The molecular weight excluding hydrogens is 308 g/mol. The largest absolute Gasteiger partial charge is 0.545 e. The first-order chi connectivity index (χ1) is 11.4. The Morgan fingerprint density at radius 1 is 1.12 bits per heavy atom. The van der Waals surface area contributed by atoms with Gasteiger partial charge >= 0.3 is 0 Å². The lowest BCUT2D eigenvalue weighted by Gasteiger charge is -2.07. The standard InChI is InChI=1S/C18H18N2O4/c1-12-7-13(2)9-16(8-12)24-11-17(21)20-19-10-14-3-5-15(6-4-14)18(22)23/h3-10H,11H2,1-2H3,(H,20,21)(H,22,23)/p-1/b19-10-. The molecule has 0 atom stereocenters. The molecule has 0 aliphatic heterocycles. The molecule has 0 saturated heterocycles. The van der Waals surface area contributed by atoms with Crippen LogP contribution in [-0.2, 0) is 4.79 Å². The Morgan fingerprint density at radius 2 is 1.75 bits per heavy atom. The smallest absolute Gasteiger partial charge is 0.277 e. The predicted octanol–water partition coefficient (Wildman–Crippen LogP) is 1.20. The van der Waals surface area contributed by atoms with Gasteiger partial charge in [-0.3, -0.25) is 4.79 Å². The molecule has 0 aliphatic rings. The highest BCUT2D eigenvalue weighted by atomic mass is 16.5. The second-order valence-electron chi connectivity index (χ2n) is 5.31. The number of aryl methyl sites for hydroxylation is 2. The third-order valence-electron chi connectivity index (χ3n) is 3.11. The Kier molecular flexibility index (Phi) is 5.68. The number of nitrogens with zero attached hydrogens (tertiary/aromatic N) is 1. The van der Waals surface area contributed by atoms with Gasteiger partial charge in [0.1, 0.15) is 5.75 Å². The molecule has 0 unspecified atom stereocenters. The molecule has 0 fully saturated rings. The Hall–Kier alpha value is -3.15. The average molecular weight is 325 g/mol. The van der Waals surface area contributed by atoms with E-state index in [0.29, 0.717) is 11.3 Å². The van der Waals surface area contributed by atoms with Crippen LogP contribution in [-0.4, -0.2) is 24.7 Å². The lowest BCUT2D eigenvalue weighted by Crippen LogP contribution is -2.24. The van der Waals surface area contributed by atoms with Crippen LogP contribution in [0.4, 0.5) is 0 Å². The van der Waals surface area contributed by atoms with Gasteiger partial charge in [0.25, 0.3) is 5.91 Å². The number of carboxylic acid groups (broad SMARTS) is 1. The number of carbonyl (C=O) groups is 2. The van der Waals surface area contributed by atoms with E-state index in [1.807, 2.05) is 32.0 Å². The van der Waals surface area contributed by atoms with E-state index in [2.05, 4.69) is 10.5 Å². The number of rotatable bonds is 6. The van der Waals surface area contributed by atoms with Gasteiger partial charge in [-0.1, -0.05) is 30.3 Å². The zero-order valence-electron chi connectivity index (χ0n) is 13.4. The summed E-state index contributed by atoms with van der Waals surface area (Å²) in [6.07, 6.45) is 1.41. The first kappa shape index (κ1) is 17.2. The minimum absolute atomic E-state index is 0.0815. The molecule has 0 bridgehead atoms. The Morgan fingerprint density at radius 3 is 2.33 bits per heavy atom. The summed E-state index contributed by atoms with van der Waals surface area (Å²) in [6.45, 7) is 3.76. The van der Waals surface area contributed by atoms with Crippen LogP contribution in [0.25, 0.3) is 0 Å². The average Bonchev–Trinajstić information content (AvgIpc) is 2.52. The second-order valence-corrected chi connectivity index (χ2v) is 5.31. The van der Waals surface area contributed by atoms with Crippen molar-refractivity contribution in [2.24, 2.45) is 5.10 Å². The number of carbonyl (C=O) groups excluding carboxylic acids is 2. The Labute approximate surface area is 139 Å². The number of aromatic carboxylic acids is 1. The van der Waals surface area contributed by atoms with Crippen molar-refractivity contribution < 1.29 is 19.4 Å². The van der Waals surface area contributed by atoms with Crippen LogP contribution in [0.15, 0.2) is 47.6 Å². The fraction of sp³-hybridized carbons (Fsp3) is 0.167. The van der Waals surface area contributed by atoms with Crippen LogP contribution in [0.3, 0.4) is 0 Å². The molecule has 6 nitrogen and oxygen atoms in total. The number of ether oxygens (including phenoxy) is 1. The monoisotopic (exact) mass is 325 g/mol. The molecule has 0 radical (unpaired) electrons. The maximum atomic E-state index is 11.7. The molecule has 6 heteroatoms. The van der Waals surface area contributed by atoms with Gasteiger partial charge in [-0.15, -0.1) is 0 Å². The molecule has 0 aliphatic carbocycles. The van der Waals surface area contributed by atoms with Gasteiger partial charge in [-0.2, -0.15) is 5.10 Å². The number of nitrogens with one attached hydrogen (secondary N) is 1. The van der Waals surface area contributed by atoms with Crippen LogP contribution in [0, 0.1) is 13.8 Å². The van der Waals surface area contributed by atoms with E-state index in [-0.39, 0.29) is 12.2 Å². The third kappa shape index (κ3) is 5.24. The van der Waals surface area contributed by atoms with Gasteiger partial charge in [0.05, 0.1) is 12.2 Å². The zero-order valence-corrected chi connectivity index (χ0v) is 13.4. The summed E-state index contributed by atoms with van der Waals surface area (Å²) in [5.74, 6) is -1.00.